The molecule has 0 saturated carbocycles. The Hall–Kier alpha value is -1.09. The van der Waals surface area contributed by atoms with Crippen LogP contribution >= 0.6 is 0 Å². The molecule has 21 heavy (non-hydrogen) atoms. The molecule has 122 valence electrons. The average molecular weight is 296 g/mol. The van der Waals surface area contributed by atoms with E-state index in [4.69, 9.17) is 0 Å². The van der Waals surface area contributed by atoms with E-state index >= 15 is 0 Å². The summed E-state index contributed by atoms with van der Waals surface area (Å²) in [5, 5.41) is 0. The SMILES string of the molecule is CC.CCC.CCc1ccc(N2CCN(C)CC2)c(F)c1. The van der Waals surface area contributed by atoms with Crippen molar-refractivity contribution in [2.75, 3.05) is 38.1 Å². The van der Waals surface area contributed by atoms with Gasteiger partial charge in [0.1, 0.15) is 5.82 Å². The molecule has 1 saturated heterocycles. The van der Waals surface area contributed by atoms with E-state index in [1.807, 2.05) is 32.9 Å². The number of hydrogen-bond acceptors (Lipinski definition) is 2. The topological polar surface area (TPSA) is 6.48 Å². The van der Waals surface area contributed by atoms with Crippen molar-refractivity contribution in [1.82, 2.24) is 4.90 Å². The summed E-state index contributed by atoms with van der Waals surface area (Å²) in [7, 11) is 2.11. The van der Waals surface area contributed by atoms with Gasteiger partial charge < -0.3 is 9.80 Å². The predicted octanol–water partition coefficient (Wildman–Crippen LogP) is 4.58. The van der Waals surface area contributed by atoms with Crippen LogP contribution in [0.3, 0.4) is 0 Å². The molecule has 0 aromatic heterocycles. The predicted molar refractivity (Wildman–Crippen MR) is 92.8 cm³/mol. The van der Waals surface area contributed by atoms with E-state index in [2.05, 4.69) is 30.7 Å². The minimum atomic E-state index is -0.0797. The standard InChI is InChI=1S/C13H19FN2.C3H8.C2H6/c1-3-11-4-5-13(12(14)10-11)16-8-6-15(2)7-9-16;1-3-2;1-2/h4-5,10H,3,6-9H2,1-2H3;3H2,1-2H3;1-2H3. The van der Waals surface area contributed by atoms with Crippen LogP contribution in [0.15, 0.2) is 18.2 Å². The highest BCUT2D eigenvalue weighted by molar-refractivity contribution is 5.49. The van der Waals surface area contributed by atoms with E-state index in [0.29, 0.717) is 0 Å². The zero-order valence-electron chi connectivity index (χ0n) is 14.7. The first-order valence-electron chi connectivity index (χ1n) is 8.34. The normalized spacial score (nSPS) is 14.7. The molecule has 1 aliphatic heterocycles. The van der Waals surface area contributed by atoms with Crippen molar-refractivity contribution in [3.63, 3.8) is 0 Å². The van der Waals surface area contributed by atoms with Crippen LogP contribution in [0, 0.1) is 5.82 Å². The Kier molecular flexibility index (Phi) is 11.0. The number of likely N-dealkylation sites (N-methyl/N-ethyl adjacent to an activating group) is 1. The number of benzene rings is 1. The highest BCUT2D eigenvalue weighted by Crippen LogP contribution is 2.21. The van der Waals surface area contributed by atoms with Gasteiger partial charge in [0.05, 0.1) is 5.69 Å². The second-order valence-electron chi connectivity index (χ2n) is 5.14. The van der Waals surface area contributed by atoms with Crippen molar-refractivity contribution in [2.45, 2.75) is 47.5 Å². The molecule has 3 heteroatoms. The molecule has 0 amide bonds. The third-order valence-corrected chi connectivity index (χ3v) is 3.26. The van der Waals surface area contributed by atoms with Gasteiger partial charge in [-0.05, 0) is 31.2 Å². The summed E-state index contributed by atoms with van der Waals surface area (Å²) in [6.45, 7) is 14.1. The fourth-order valence-corrected chi connectivity index (χ4v) is 2.07. The van der Waals surface area contributed by atoms with Crippen LogP contribution in [0.5, 0.6) is 0 Å². The van der Waals surface area contributed by atoms with E-state index in [1.165, 1.54) is 6.42 Å². The van der Waals surface area contributed by atoms with E-state index in [1.54, 1.807) is 6.07 Å². The Morgan fingerprint density at radius 2 is 1.52 bits per heavy atom. The maximum Gasteiger partial charge on any atom is 0.146 e. The molecule has 0 N–H and O–H groups in total. The molecule has 2 rings (SSSR count). The van der Waals surface area contributed by atoms with E-state index in [-0.39, 0.29) is 5.82 Å². The smallest absolute Gasteiger partial charge is 0.146 e. The summed E-state index contributed by atoms with van der Waals surface area (Å²) in [4.78, 5) is 4.41. The van der Waals surface area contributed by atoms with Crippen molar-refractivity contribution >= 4 is 5.69 Å². The molecule has 0 bridgehead atoms. The summed E-state index contributed by atoms with van der Waals surface area (Å²) in [5.41, 5.74) is 1.82. The lowest BCUT2D eigenvalue weighted by atomic mass is 10.1. The van der Waals surface area contributed by atoms with Crippen molar-refractivity contribution in [3.8, 4) is 0 Å². The number of aryl methyl sites for hydroxylation is 1. The number of rotatable bonds is 2. The molecule has 1 heterocycles. The molecule has 1 aromatic rings. The average Bonchev–Trinajstić information content (AvgIpc) is 2.51. The van der Waals surface area contributed by atoms with Gasteiger partial charge in [0.2, 0.25) is 0 Å². The summed E-state index contributed by atoms with van der Waals surface area (Å²) in [5.74, 6) is -0.0797. The van der Waals surface area contributed by atoms with Gasteiger partial charge >= 0.3 is 0 Å². The van der Waals surface area contributed by atoms with Gasteiger partial charge in [0.25, 0.3) is 0 Å². The zero-order chi connectivity index (χ0) is 16.3. The first-order chi connectivity index (χ1) is 10.1. The highest BCUT2D eigenvalue weighted by Gasteiger charge is 2.17. The van der Waals surface area contributed by atoms with E-state index in [0.717, 1.165) is 43.9 Å². The highest BCUT2D eigenvalue weighted by atomic mass is 19.1. The maximum atomic E-state index is 13.9. The summed E-state index contributed by atoms with van der Waals surface area (Å²) in [6.07, 6.45) is 2.14. The molecule has 1 aliphatic rings. The molecular formula is C18H33FN2. The van der Waals surface area contributed by atoms with E-state index in [9.17, 15) is 4.39 Å². The summed E-state index contributed by atoms with van der Waals surface area (Å²) in [6, 6.07) is 5.60. The minimum Gasteiger partial charge on any atom is -0.367 e. The summed E-state index contributed by atoms with van der Waals surface area (Å²) < 4.78 is 13.9. The Morgan fingerprint density at radius 1 is 1.00 bits per heavy atom. The second-order valence-corrected chi connectivity index (χ2v) is 5.14. The van der Waals surface area contributed by atoms with Crippen LogP contribution in [-0.2, 0) is 6.42 Å². The number of hydrogen-bond donors (Lipinski definition) is 0. The Morgan fingerprint density at radius 3 is 1.95 bits per heavy atom. The zero-order valence-corrected chi connectivity index (χ0v) is 14.7. The molecule has 0 radical (unpaired) electrons. The van der Waals surface area contributed by atoms with E-state index < -0.39 is 0 Å². The molecule has 1 fully saturated rings. The van der Waals surface area contributed by atoms with Crippen LogP contribution in [0.4, 0.5) is 10.1 Å². The summed E-state index contributed by atoms with van der Waals surface area (Å²) >= 11 is 0. The quantitative estimate of drug-likeness (QED) is 0.788. The van der Waals surface area contributed by atoms with Gasteiger partial charge in [-0.3, -0.25) is 0 Å². The first-order valence-corrected chi connectivity index (χ1v) is 8.34. The molecule has 0 spiro atoms. The number of piperazine rings is 1. The number of anilines is 1. The largest absolute Gasteiger partial charge is 0.367 e. The van der Waals surface area contributed by atoms with Gasteiger partial charge in [0, 0.05) is 26.2 Å². The first kappa shape index (κ1) is 19.9. The van der Waals surface area contributed by atoms with Gasteiger partial charge in [-0.15, -0.1) is 0 Å². The second kappa shape index (κ2) is 11.6. The number of nitrogens with zero attached hydrogens (tertiary/aromatic N) is 2. The van der Waals surface area contributed by atoms with Crippen LogP contribution in [0.25, 0.3) is 0 Å². The van der Waals surface area contributed by atoms with Crippen LogP contribution in [-0.4, -0.2) is 38.1 Å². The molecule has 0 unspecified atom stereocenters. The third kappa shape index (κ3) is 6.94. The number of halogens is 1. The minimum absolute atomic E-state index is 0.0797. The molecular weight excluding hydrogens is 263 g/mol. The molecule has 2 nitrogen and oxygen atoms in total. The van der Waals surface area contributed by atoms with Crippen molar-refractivity contribution in [3.05, 3.63) is 29.6 Å². The Labute approximate surface area is 131 Å². The molecule has 0 aliphatic carbocycles. The third-order valence-electron chi connectivity index (χ3n) is 3.26. The fraction of sp³-hybridized carbons (Fsp3) is 0.667. The van der Waals surface area contributed by atoms with Crippen LogP contribution in [0.1, 0.15) is 46.6 Å². The lowest BCUT2D eigenvalue weighted by Crippen LogP contribution is -2.44. The van der Waals surface area contributed by atoms with Crippen molar-refractivity contribution < 1.29 is 4.39 Å². The Balaban J connectivity index is 0.000000713. The van der Waals surface area contributed by atoms with Gasteiger partial charge in [-0.1, -0.05) is 47.1 Å². The van der Waals surface area contributed by atoms with Gasteiger partial charge in [-0.2, -0.15) is 0 Å². The lowest BCUT2D eigenvalue weighted by Gasteiger charge is -2.34. The van der Waals surface area contributed by atoms with Crippen molar-refractivity contribution in [2.24, 2.45) is 0 Å². The monoisotopic (exact) mass is 296 g/mol. The van der Waals surface area contributed by atoms with Crippen LogP contribution in [0.2, 0.25) is 0 Å². The van der Waals surface area contributed by atoms with Crippen LogP contribution < -0.4 is 4.90 Å². The lowest BCUT2D eigenvalue weighted by molar-refractivity contribution is 0.311. The van der Waals surface area contributed by atoms with Crippen molar-refractivity contribution in [1.29, 1.82) is 0 Å². The Bertz CT molecular complexity index is 371. The maximum absolute atomic E-state index is 13.9. The fourth-order valence-electron chi connectivity index (χ4n) is 2.07. The molecule has 1 aromatic carbocycles. The van der Waals surface area contributed by atoms with Gasteiger partial charge in [-0.25, -0.2) is 4.39 Å². The van der Waals surface area contributed by atoms with Gasteiger partial charge in [0.15, 0.2) is 0 Å². The molecule has 0 atom stereocenters.